The second-order valence-corrected chi connectivity index (χ2v) is 12.8. The van der Waals surface area contributed by atoms with Crippen LogP contribution in [0.4, 0.5) is 0 Å². The van der Waals surface area contributed by atoms with Gasteiger partial charge in [-0.15, -0.1) is 0 Å². The van der Waals surface area contributed by atoms with Crippen molar-refractivity contribution < 1.29 is 4.79 Å². The fraction of sp³-hybridized carbons (Fsp3) is 0.963. The van der Waals surface area contributed by atoms with Gasteiger partial charge in [-0.25, -0.2) is 0 Å². The number of hydrogen-bond acceptors (Lipinski definition) is 1. The van der Waals surface area contributed by atoms with Crippen molar-refractivity contribution >= 4 is 5.78 Å². The van der Waals surface area contributed by atoms with Crippen molar-refractivity contribution in [1.82, 2.24) is 0 Å². The number of hydrogen-bond donors (Lipinski definition) is 0. The van der Waals surface area contributed by atoms with E-state index in [1.54, 1.807) is 0 Å². The number of fused-ring (bicyclic) bond motifs is 5. The molecule has 5 saturated carbocycles. The predicted octanol–water partition coefficient (Wildman–Crippen LogP) is 7.29. The fourth-order valence-electron chi connectivity index (χ4n) is 10.3. The average Bonchev–Trinajstić information content (AvgIpc) is 2.87. The molecule has 0 heterocycles. The van der Waals surface area contributed by atoms with E-state index in [0.717, 1.165) is 41.9 Å². The molecule has 0 aromatic heterocycles. The van der Waals surface area contributed by atoms with Gasteiger partial charge in [0.15, 0.2) is 0 Å². The molecular weight excluding hydrogens is 340 g/mol. The molecule has 0 aromatic carbocycles. The van der Waals surface area contributed by atoms with E-state index in [2.05, 4.69) is 34.6 Å². The summed E-state index contributed by atoms with van der Waals surface area (Å²) in [5.74, 6) is 6.56. The van der Waals surface area contributed by atoms with Gasteiger partial charge in [0.1, 0.15) is 5.78 Å². The molecule has 1 heteroatoms. The van der Waals surface area contributed by atoms with Crippen LogP contribution in [0.25, 0.3) is 0 Å². The van der Waals surface area contributed by atoms with Crippen molar-refractivity contribution in [2.75, 3.05) is 0 Å². The van der Waals surface area contributed by atoms with E-state index in [1.807, 2.05) is 0 Å². The maximum absolute atomic E-state index is 12.6. The van der Waals surface area contributed by atoms with E-state index in [0.29, 0.717) is 27.9 Å². The molecule has 0 radical (unpaired) electrons. The molecule has 5 aliphatic carbocycles. The van der Waals surface area contributed by atoms with Gasteiger partial charge < -0.3 is 0 Å². The zero-order valence-electron chi connectivity index (χ0n) is 19.2. The Hall–Kier alpha value is -0.330. The second kappa shape index (κ2) is 6.34. The van der Waals surface area contributed by atoms with Crippen molar-refractivity contribution in [1.29, 1.82) is 0 Å². The van der Waals surface area contributed by atoms with Gasteiger partial charge in [-0.2, -0.15) is 0 Å². The molecule has 1 spiro atoms. The van der Waals surface area contributed by atoms with E-state index >= 15 is 0 Å². The summed E-state index contributed by atoms with van der Waals surface area (Å²) in [4.78, 5) is 12.6. The molecule has 0 bridgehead atoms. The van der Waals surface area contributed by atoms with E-state index < -0.39 is 0 Å². The Bertz CT molecular complexity index is 651. The van der Waals surface area contributed by atoms with Crippen LogP contribution in [-0.2, 0) is 4.79 Å². The molecule has 5 aliphatic rings. The van der Waals surface area contributed by atoms with Crippen molar-refractivity contribution in [3.63, 3.8) is 0 Å². The summed E-state index contributed by atoms with van der Waals surface area (Å²) in [7, 11) is 0. The van der Waals surface area contributed by atoms with Crippen molar-refractivity contribution in [2.45, 2.75) is 105 Å². The molecule has 5 rings (SSSR count). The van der Waals surface area contributed by atoms with Gasteiger partial charge in [-0.05, 0) is 96.7 Å². The van der Waals surface area contributed by atoms with Crippen LogP contribution in [0.2, 0.25) is 0 Å². The van der Waals surface area contributed by atoms with Gasteiger partial charge in [0, 0.05) is 12.3 Å². The van der Waals surface area contributed by atoms with E-state index in [9.17, 15) is 4.79 Å². The molecule has 9 atom stereocenters. The van der Waals surface area contributed by atoms with Gasteiger partial charge >= 0.3 is 0 Å². The summed E-state index contributed by atoms with van der Waals surface area (Å²) in [6.07, 6.45) is 15.1. The molecular formula is C27H44O. The number of carbonyl (C=O) groups excluding carboxylic acids is 1. The summed E-state index contributed by atoms with van der Waals surface area (Å²) < 4.78 is 0. The minimum Gasteiger partial charge on any atom is -0.299 e. The molecule has 0 aromatic rings. The third kappa shape index (κ3) is 2.34. The van der Waals surface area contributed by atoms with Crippen LogP contribution < -0.4 is 0 Å². The van der Waals surface area contributed by atoms with Gasteiger partial charge in [0.2, 0.25) is 0 Å². The Morgan fingerprint density at radius 2 is 1.71 bits per heavy atom. The maximum atomic E-state index is 12.6. The Balaban J connectivity index is 1.32. The fourth-order valence-corrected chi connectivity index (χ4v) is 10.3. The molecule has 0 unspecified atom stereocenters. The minimum atomic E-state index is 0.396. The average molecular weight is 385 g/mol. The standard InChI is InChI=1S/C27H44O/c1-17(2)7-6-8-18(3)20-9-10-21-19-11-15-27-16-13-23(28)24(27)26(27,5)22(19)12-14-25(20,21)4/h17-22,24H,6-16H2,1-5H3/t18-,19+,20-,21-,22-,24-,25-,26-,27+/m1/s1. The SMILES string of the molecule is CC(C)CCC[C@@H](C)[C@H]1CC[C@@H]2[C@@H]3CC[C@]45CCC(=O)[C@@H]4[C@@]5(C)[C@@H]3CC[C@@]21C. The van der Waals surface area contributed by atoms with E-state index in [-0.39, 0.29) is 0 Å². The normalized spacial score (nSPS) is 52.8. The van der Waals surface area contributed by atoms with Crippen LogP contribution in [0.1, 0.15) is 105 Å². The molecule has 0 amide bonds. The summed E-state index contributed by atoms with van der Waals surface area (Å²) in [6, 6.07) is 0. The maximum Gasteiger partial charge on any atom is 0.137 e. The first-order valence-electron chi connectivity index (χ1n) is 12.8. The molecule has 1 nitrogen and oxygen atoms in total. The monoisotopic (exact) mass is 384 g/mol. The highest BCUT2D eigenvalue weighted by Crippen LogP contribution is 2.85. The Kier molecular flexibility index (Phi) is 4.44. The molecule has 0 saturated heterocycles. The lowest BCUT2D eigenvalue weighted by Crippen LogP contribution is -2.48. The van der Waals surface area contributed by atoms with Crippen LogP contribution in [0.5, 0.6) is 0 Å². The Labute approximate surface area is 173 Å². The van der Waals surface area contributed by atoms with Gasteiger partial charge in [0.25, 0.3) is 0 Å². The first kappa shape index (κ1) is 19.6. The summed E-state index contributed by atoms with van der Waals surface area (Å²) >= 11 is 0. The van der Waals surface area contributed by atoms with Crippen LogP contribution in [-0.4, -0.2) is 5.78 Å². The first-order chi connectivity index (χ1) is 13.3. The lowest BCUT2D eigenvalue weighted by molar-refractivity contribution is -0.121. The van der Waals surface area contributed by atoms with Crippen molar-refractivity contribution in [2.24, 2.45) is 57.7 Å². The zero-order valence-corrected chi connectivity index (χ0v) is 19.2. The predicted molar refractivity (Wildman–Crippen MR) is 116 cm³/mol. The van der Waals surface area contributed by atoms with Crippen LogP contribution in [0, 0.1) is 57.7 Å². The Morgan fingerprint density at radius 1 is 0.929 bits per heavy atom. The number of carbonyl (C=O) groups is 1. The lowest BCUT2D eigenvalue weighted by Gasteiger charge is -2.55. The second-order valence-electron chi connectivity index (χ2n) is 12.8. The highest BCUT2D eigenvalue weighted by molar-refractivity contribution is 5.90. The van der Waals surface area contributed by atoms with E-state index in [4.69, 9.17) is 0 Å². The van der Waals surface area contributed by atoms with E-state index in [1.165, 1.54) is 64.2 Å². The molecule has 5 fully saturated rings. The Morgan fingerprint density at radius 3 is 2.46 bits per heavy atom. The van der Waals surface area contributed by atoms with Crippen LogP contribution in [0.3, 0.4) is 0 Å². The molecule has 158 valence electrons. The summed E-state index contributed by atoms with van der Waals surface area (Å²) in [6.45, 7) is 12.6. The van der Waals surface area contributed by atoms with Gasteiger partial charge in [-0.3, -0.25) is 4.79 Å². The van der Waals surface area contributed by atoms with Crippen LogP contribution in [0.15, 0.2) is 0 Å². The lowest BCUT2D eigenvalue weighted by atomic mass is 9.50. The smallest absolute Gasteiger partial charge is 0.137 e. The van der Waals surface area contributed by atoms with Crippen molar-refractivity contribution in [3.05, 3.63) is 0 Å². The molecule has 0 N–H and O–H groups in total. The highest BCUT2D eigenvalue weighted by Gasteiger charge is 2.82. The zero-order chi connectivity index (χ0) is 19.9. The van der Waals surface area contributed by atoms with Gasteiger partial charge in [0.05, 0.1) is 0 Å². The molecule has 0 aliphatic heterocycles. The minimum absolute atomic E-state index is 0.396. The summed E-state index contributed by atoms with van der Waals surface area (Å²) in [5.41, 5.74) is 1.45. The number of ketones is 1. The third-order valence-electron chi connectivity index (χ3n) is 11.6. The quantitative estimate of drug-likeness (QED) is 0.486. The number of Topliss-reactive ketones (excluding diaryl/α,β-unsaturated/α-hetero) is 1. The van der Waals surface area contributed by atoms with Crippen molar-refractivity contribution in [3.8, 4) is 0 Å². The highest BCUT2D eigenvalue weighted by atomic mass is 16.1. The first-order valence-corrected chi connectivity index (χ1v) is 12.8. The third-order valence-corrected chi connectivity index (χ3v) is 11.6. The number of rotatable bonds is 5. The van der Waals surface area contributed by atoms with Crippen LogP contribution >= 0.6 is 0 Å². The molecule has 28 heavy (non-hydrogen) atoms. The van der Waals surface area contributed by atoms with Gasteiger partial charge in [-0.1, -0.05) is 53.9 Å². The largest absolute Gasteiger partial charge is 0.299 e. The topological polar surface area (TPSA) is 17.1 Å². The summed E-state index contributed by atoms with van der Waals surface area (Å²) in [5, 5.41) is 0.